The quantitative estimate of drug-likeness (QED) is 0.0195. The summed E-state index contributed by atoms with van der Waals surface area (Å²) in [5.74, 6) is -2.35. The highest BCUT2D eigenvalue weighted by molar-refractivity contribution is 5.70. The fourth-order valence-corrected chi connectivity index (χ4v) is 9.97. The van der Waals surface area contributed by atoms with E-state index < -0.39 is 24.3 Å². The number of ether oxygens (including phenoxy) is 4. The van der Waals surface area contributed by atoms with E-state index >= 15 is 0 Å². The van der Waals surface area contributed by atoms with Gasteiger partial charge < -0.3 is 33.3 Å². The molecular formula is C92H143NO8. The molecule has 0 spiro atoms. The summed E-state index contributed by atoms with van der Waals surface area (Å²) >= 11 is 0. The molecule has 0 aliphatic carbocycles. The lowest BCUT2D eigenvalue weighted by atomic mass is 10.0. The van der Waals surface area contributed by atoms with Gasteiger partial charge in [-0.3, -0.25) is 9.59 Å². The maximum atomic E-state index is 13.0. The van der Waals surface area contributed by atoms with Crippen LogP contribution in [0.1, 0.15) is 271 Å². The molecule has 0 aliphatic rings. The molecule has 9 heteroatoms. The number of allylic oxidation sites excluding steroid dienone is 38. The molecule has 0 amide bonds. The Hall–Kier alpha value is -6.65. The number of hydrogen-bond donors (Lipinski definition) is 0. The average Bonchev–Trinajstić information content (AvgIpc) is 1.25. The molecule has 0 radical (unpaired) electrons. The number of likely N-dealkylation sites (N-methyl/N-ethyl adjacent to an activating group) is 1. The Labute approximate surface area is 619 Å². The van der Waals surface area contributed by atoms with Crippen LogP contribution in [0.4, 0.5) is 0 Å². The van der Waals surface area contributed by atoms with Crippen LogP contribution < -0.4 is 5.11 Å². The van der Waals surface area contributed by atoms with Crippen molar-refractivity contribution in [1.29, 1.82) is 0 Å². The van der Waals surface area contributed by atoms with E-state index in [9.17, 15) is 19.5 Å². The summed E-state index contributed by atoms with van der Waals surface area (Å²) in [6.07, 6.45) is 123. The Morgan fingerprint density at radius 1 is 0.297 bits per heavy atom. The van der Waals surface area contributed by atoms with Gasteiger partial charge in [0.25, 0.3) is 0 Å². The Kier molecular flexibility index (Phi) is 73.9. The van der Waals surface area contributed by atoms with Crippen molar-refractivity contribution in [3.05, 3.63) is 231 Å². The standard InChI is InChI=1S/C92H143NO8/c1-6-8-10-12-14-16-18-20-22-24-26-28-30-32-34-36-38-40-42-44-45-47-48-50-52-54-56-58-60-62-64-66-68-70-72-74-76-78-80-82-89(94)99-86-88(87-100-92(91(96)97)98-85-84-93(3,4)5)101-90(95)83-81-79-77-75-73-71-69-67-65-63-61-59-57-55-53-51-49-46-43-41-39-37-35-33-31-29-27-25-23-21-19-17-15-13-11-9-7-2/h8-11,14-17,20-23,26-29,32-35,38-41,44-46,48-50,53,55,59,61,65,67,71,73,88,92H,6-7,12-13,18-19,24-25,30-31,36-37,42-43,47,51-52,54,56-58,60,62-64,66,68-70,72,74-87H2,1-5H3/b10-8-,11-9-,16-14-,17-15-,22-20-,23-21-,28-26-,29-27-,34-32-,35-33-,40-38-,41-39-,45-44-,49-46-,50-48-,55-53-,61-59-,67-65-,73-71-. The summed E-state index contributed by atoms with van der Waals surface area (Å²) in [4.78, 5) is 37.6. The molecule has 0 fully saturated rings. The van der Waals surface area contributed by atoms with E-state index in [2.05, 4.69) is 245 Å². The van der Waals surface area contributed by atoms with Crippen LogP contribution in [0.25, 0.3) is 0 Å². The number of unbranched alkanes of at least 4 members (excludes halogenated alkanes) is 17. The van der Waals surface area contributed by atoms with Crippen LogP contribution in [0.2, 0.25) is 0 Å². The summed E-state index contributed by atoms with van der Waals surface area (Å²) in [5, 5.41) is 11.9. The predicted molar refractivity (Wildman–Crippen MR) is 434 cm³/mol. The first-order valence-corrected chi connectivity index (χ1v) is 39.5. The minimum absolute atomic E-state index is 0.129. The van der Waals surface area contributed by atoms with E-state index in [1.54, 1.807) is 0 Å². The van der Waals surface area contributed by atoms with Crippen molar-refractivity contribution in [1.82, 2.24) is 0 Å². The van der Waals surface area contributed by atoms with Gasteiger partial charge in [-0.05, 0) is 161 Å². The van der Waals surface area contributed by atoms with Crippen molar-refractivity contribution < 1.29 is 42.9 Å². The third kappa shape index (κ3) is 80.5. The largest absolute Gasteiger partial charge is 0.545 e. The van der Waals surface area contributed by atoms with E-state index in [0.29, 0.717) is 17.4 Å². The molecule has 0 saturated carbocycles. The maximum absolute atomic E-state index is 13.0. The van der Waals surface area contributed by atoms with Gasteiger partial charge in [0.15, 0.2) is 12.4 Å². The fourth-order valence-electron chi connectivity index (χ4n) is 9.97. The second kappa shape index (κ2) is 79.1. The highest BCUT2D eigenvalue weighted by Gasteiger charge is 2.22. The lowest BCUT2D eigenvalue weighted by Gasteiger charge is -2.26. The first kappa shape index (κ1) is 94.4. The summed E-state index contributed by atoms with van der Waals surface area (Å²) < 4.78 is 22.8. The van der Waals surface area contributed by atoms with E-state index in [-0.39, 0.29) is 38.6 Å². The Balaban J connectivity index is 4.20. The van der Waals surface area contributed by atoms with E-state index in [1.165, 1.54) is 70.6 Å². The van der Waals surface area contributed by atoms with Gasteiger partial charge in [0, 0.05) is 12.8 Å². The van der Waals surface area contributed by atoms with Crippen molar-refractivity contribution in [2.75, 3.05) is 47.5 Å². The van der Waals surface area contributed by atoms with Crippen LogP contribution in [0.15, 0.2) is 231 Å². The number of aliphatic carboxylic acids is 1. The summed E-state index contributed by atoms with van der Waals surface area (Å²) in [5.41, 5.74) is 0. The summed E-state index contributed by atoms with van der Waals surface area (Å²) in [6, 6.07) is 0. The van der Waals surface area contributed by atoms with Crippen molar-refractivity contribution >= 4 is 17.9 Å². The van der Waals surface area contributed by atoms with Gasteiger partial charge in [0.05, 0.1) is 40.3 Å². The van der Waals surface area contributed by atoms with Crippen LogP contribution >= 0.6 is 0 Å². The van der Waals surface area contributed by atoms with E-state index in [4.69, 9.17) is 18.9 Å². The van der Waals surface area contributed by atoms with Crippen molar-refractivity contribution in [2.24, 2.45) is 0 Å². The van der Waals surface area contributed by atoms with Gasteiger partial charge in [-0.2, -0.15) is 0 Å². The topological polar surface area (TPSA) is 111 Å². The number of carbonyl (C=O) groups excluding carboxylic acids is 3. The number of carbonyl (C=O) groups is 3. The predicted octanol–water partition coefficient (Wildman–Crippen LogP) is 24.5. The van der Waals surface area contributed by atoms with Crippen LogP contribution in [-0.4, -0.2) is 82.3 Å². The summed E-state index contributed by atoms with van der Waals surface area (Å²) in [7, 11) is 5.91. The van der Waals surface area contributed by atoms with Gasteiger partial charge >= 0.3 is 11.9 Å². The average molecular weight is 1390 g/mol. The number of carboxylic acids is 1. The van der Waals surface area contributed by atoms with Crippen molar-refractivity contribution in [3.8, 4) is 0 Å². The van der Waals surface area contributed by atoms with Crippen LogP contribution in [-0.2, 0) is 33.3 Å². The Morgan fingerprint density at radius 2 is 0.535 bits per heavy atom. The molecule has 2 unspecified atom stereocenters. The molecule has 0 bridgehead atoms. The molecule has 2 atom stereocenters. The first-order chi connectivity index (χ1) is 49.6. The molecular weight excluding hydrogens is 1250 g/mol. The van der Waals surface area contributed by atoms with Crippen LogP contribution in [0, 0.1) is 0 Å². The zero-order chi connectivity index (χ0) is 73.2. The number of quaternary nitrogens is 1. The molecule has 0 saturated heterocycles. The third-order valence-corrected chi connectivity index (χ3v) is 15.9. The monoisotopic (exact) mass is 1390 g/mol. The molecule has 564 valence electrons. The van der Waals surface area contributed by atoms with Gasteiger partial charge in [0.2, 0.25) is 0 Å². The van der Waals surface area contributed by atoms with E-state index in [1.807, 2.05) is 21.1 Å². The molecule has 0 heterocycles. The third-order valence-electron chi connectivity index (χ3n) is 15.9. The molecule has 0 aromatic rings. The molecule has 0 aliphatic heterocycles. The summed E-state index contributed by atoms with van der Waals surface area (Å²) in [6.45, 7) is 4.46. The van der Waals surface area contributed by atoms with Gasteiger partial charge in [0.1, 0.15) is 13.2 Å². The highest BCUT2D eigenvalue weighted by atomic mass is 16.7. The highest BCUT2D eigenvalue weighted by Crippen LogP contribution is 2.16. The molecule has 0 aromatic heterocycles. The molecule has 101 heavy (non-hydrogen) atoms. The first-order valence-electron chi connectivity index (χ1n) is 39.5. The van der Waals surface area contributed by atoms with Gasteiger partial charge in [-0.25, -0.2) is 0 Å². The van der Waals surface area contributed by atoms with Crippen molar-refractivity contribution in [2.45, 2.75) is 283 Å². The van der Waals surface area contributed by atoms with Crippen LogP contribution in [0.5, 0.6) is 0 Å². The zero-order valence-corrected chi connectivity index (χ0v) is 64.4. The van der Waals surface area contributed by atoms with Gasteiger partial charge in [-0.15, -0.1) is 0 Å². The second-order valence-corrected chi connectivity index (χ2v) is 26.5. The van der Waals surface area contributed by atoms with E-state index in [0.717, 1.165) is 167 Å². The minimum Gasteiger partial charge on any atom is -0.545 e. The smallest absolute Gasteiger partial charge is 0.306 e. The molecule has 9 nitrogen and oxygen atoms in total. The lowest BCUT2D eigenvalue weighted by molar-refractivity contribution is -0.870. The number of carboxylic acid groups (broad SMARTS) is 1. The fraction of sp³-hybridized carbons (Fsp3) is 0.554. The minimum atomic E-state index is -1.65. The molecule has 0 aromatic carbocycles. The normalized spacial score (nSPS) is 14.0. The van der Waals surface area contributed by atoms with Crippen LogP contribution in [0.3, 0.4) is 0 Å². The number of hydrogen-bond acceptors (Lipinski definition) is 8. The lowest BCUT2D eigenvalue weighted by Crippen LogP contribution is -2.44. The molecule has 0 N–H and O–H groups in total. The number of esters is 2. The number of nitrogens with zero attached hydrogens (tertiary/aromatic N) is 1. The second-order valence-electron chi connectivity index (χ2n) is 26.5. The zero-order valence-electron chi connectivity index (χ0n) is 64.4. The Morgan fingerprint density at radius 3 is 0.802 bits per heavy atom. The molecule has 0 rings (SSSR count). The SMILES string of the molecule is CC/C=C\C/C=C\C/C=C\C/C=C\C/C=C\C/C=C\C/C=C\C/C=C\C/C=C\C/C=C\C/C=C\CCCCCC(=O)OC(COC(=O)CCCCCCCCCCCCCCCC/C=C\C/C=C\C/C=C\C/C=C\C/C=C\C/C=C\C/C=C\C/C=C\CC)COC(OCC[N+](C)(C)C)C(=O)[O-]. The van der Waals surface area contributed by atoms with Crippen molar-refractivity contribution in [3.63, 3.8) is 0 Å². The van der Waals surface area contributed by atoms with Gasteiger partial charge in [-0.1, -0.05) is 328 Å². The maximum Gasteiger partial charge on any atom is 0.306 e. The number of rotatable bonds is 70. The Bertz CT molecular complexity index is 2520.